The van der Waals surface area contributed by atoms with Gasteiger partial charge in [0.1, 0.15) is 23.3 Å². The van der Waals surface area contributed by atoms with Gasteiger partial charge >= 0.3 is 0 Å². The van der Waals surface area contributed by atoms with Crippen LogP contribution in [0.3, 0.4) is 0 Å². The number of amidine groups is 1. The second-order valence-electron chi connectivity index (χ2n) is 7.60. The molecule has 0 bridgehead atoms. The van der Waals surface area contributed by atoms with Gasteiger partial charge in [-0.3, -0.25) is 15.0 Å². The Balaban J connectivity index is 1.52. The van der Waals surface area contributed by atoms with E-state index in [0.717, 1.165) is 29.7 Å². The summed E-state index contributed by atoms with van der Waals surface area (Å²) in [6.07, 6.45) is 1.34. The van der Waals surface area contributed by atoms with E-state index in [1.807, 2.05) is 4.90 Å². The van der Waals surface area contributed by atoms with Gasteiger partial charge in [-0.1, -0.05) is 17.7 Å². The van der Waals surface area contributed by atoms with Gasteiger partial charge in [-0.2, -0.15) is 11.8 Å². The van der Waals surface area contributed by atoms with E-state index in [0.29, 0.717) is 23.7 Å². The maximum atomic E-state index is 14.8. The molecule has 2 heterocycles. The molecular weight excluding hydrogens is 496 g/mol. The normalized spacial score (nSPS) is 13.3. The number of halogens is 3. The van der Waals surface area contributed by atoms with Gasteiger partial charge in [0, 0.05) is 36.4 Å². The molecule has 35 heavy (non-hydrogen) atoms. The highest BCUT2D eigenvalue weighted by atomic mass is 35.5. The molecule has 1 saturated heterocycles. The molecule has 3 aromatic rings. The zero-order valence-corrected chi connectivity index (χ0v) is 19.9. The van der Waals surface area contributed by atoms with E-state index < -0.39 is 23.4 Å². The van der Waals surface area contributed by atoms with E-state index >= 15 is 0 Å². The summed E-state index contributed by atoms with van der Waals surface area (Å²) < 4.78 is 28.7. The molecule has 0 unspecified atom stereocenters. The number of nitrogens with zero attached hydrogens (tertiary/aromatic N) is 2. The molecule has 0 atom stereocenters. The van der Waals surface area contributed by atoms with Crippen LogP contribution in [-0.2, 0) is 0 Å². The average molecular weight is 516 g/mol. The molecule has 11 heteroatoms. The fraction of sp³-hybridized carbons (Fsp3) is 0.167. The number of thioether (sulfide) groups is 1. The lowest BCUT2D eigenvalue weighted by Crippen LogP contribution is -2.38. The van der Waals surface area contributed by atoms with Crippen LogP contribution in [-0.4, -0.2) is 52.1 Å². The lowest BCUT2D eigenvalue weighted by atomic mass is 10.1. The van der Waals surface area contributed by atoms with E-state index in [1.54, 1.807) is 11.8 Å². The second kappa shape index (κ2) is 10.8. The highest BCUT2D eigenvalue weighted by Crippen LogP contribution is 2.22. The topological polar surface area (TPSA) is 98.2 Å². The molecule has 2 amide bonds. The van der Waals surface area contributed by atoms with E-state index in [4.69, 9.17) is 17.0 Å². The number of hydrogen-bond acceptors (Lipinski definition) is 5. The number of pyridine rings is 1. The zero-order valence-electron chi connectivity index (χ0n) is 18.3. The Hall–Kier alpha value is -3.50. The first-order chi connectivity index (χ1) is 16.8. The fourth-order valence-electron chi connectivity index (χ4n) is 3.45. The Bertz CT molecular complexity index is 1280. The third-order valence-electron chi connectivity index (χ3n) is 5.26. The van der Waals surface area contributed by atoms with Crippen molar-refractivity contribution in [3.8, 4) is 0 Å². The van der Waals surface area contributed by atoms with Crippen LogP contribution in [0.4, 0.5) is 20.3 Å². The number of anilines is 2. The van der Waals surface area contributed by atoms with E-state index in [2.05, 4.69) is 15.6 Å². The molecular formula is C24H20ClF2N5O2S. The van der Waals surface area contributed by atoms with Crippen LogP contribution in [0.2, 0.25) is 5.02 Å². The summed E-state index contributed by atoms with van der Waals surface area (Å²) in [7, 11) is 0. The molecule has 4 rings (SSSR count). The van der Waals surface area contributed by atoms with Crippen molar-refractivity contribution in [2.75, 3.05) is 35.2 Å². The molecule has 0 aliphatic carbocycles. The Kier molecular flexibility index (Phi) is 7.62. The van der Waals surface area contributed by atoms with Crippen molar-refractivity contribution in [3.05, 3.63) is 88.1 Å². The molecule has 3 N–H and O–H groups in total. The summed E-state index contributed by atoms with van der Waals surface area (Å²) >= 11 is 7.59. The predicted octanol–water partition coefficient (Wildman–Crippen LogP) is 4.89. The van der Waals surface area contributed by atoms with Crippen LogP contribution < -0.4 is 10.6 Å². The van der Waals surface area contributed by atoms with Crippen molar-refractivity contribution in [2.45, 2.75) is 0 Å². The molecule has 0 spiro atoms. The summed E-state index contributed by atoms with van der Waals surface area (Å²) in [6.45, 7) is 1.41. The molecule has 1 aromatic heterocycles. The summed E-state index contributed by atoms with van der Waals surface area (Å²) in [5.41, 5.74) is -0.0872. The number of hydrogen-bond donors (Lipinski definition) is 3. The molecule has 2 aromatic carbocycles. The summed E-state index contributed by atoms with van der Waals surface area (Å²) in [4.78, 5) is 31.3. The SMILES string of the molecule is N=C(c1ccc(C(=O)Nc2ccc(F)cc2C(=O)Nc2ccc(Cl)cn2)c(F)c1)N1CCSCC1. The van der Waals surface area contributed by atoms with Crippen LogP contribution in [0.25, 0.3) is 0 Å². The minimum Gasteiger partial charge on any atom is -0.355 e. The van der Waals surface area contributed by atoms with Crippen LogP contribution in [0.15, 0.2) is 54.7 Å². The number of aromatic nitrogens is 1. The van der Waals surface area contributed by atoms with Gasteiger partial charge in [0.2, 0.25) is 0 Å². The molecule has 0 radical (unpaired) electrons. The quantitative estimate of drug-likeness (QED) is 0.332. The number of rotatable bonds is 5. The average Bonchev–Trinajstić information content (AvgIpc) is 2.86. The molecule has 1 aliphatic rings. The number of nitrogens with one attached hydrogen (secondary N) is 3. The summed E-state index contributed by atoms with van der Waals surface area (Å²) in [6, 6.07) is 10.2. The van der Waals surface area contributed by atoms with Crippen molar-refractivity contribution >= 4 is 52.5 Å². The molecule has 1 fully saturated rings. The molecule has 1 aliphatic heterocycles. The monoisotopic (exact) mass is 515 g/mol. The van der Waals surface area contributed by atoms with Gasteiger partial charge in [-0.05, 0) is 42.5 Å². The van der Waals surface area contributed by atoms with E-state index in [9.17, 15) is 18.4 Å². The summed E-state index contributed by atoms with van der Waals surface area (Å²) in [5.74, 6) is -0.877. The number of carbonyl (C=O) groups is 2. The van der Waals surface area contributed by atoms with Crippen LogP contribution >= 0.6 is 23.4 Å². The van der Waals surface area contributed by atoms with E-state index in [1.165, 1.54) is 36.5 Å². The zero-order chi connectivity index (χ0) is 24.9. The van der Waals surface area contributed by atoms with Gasteiger partial charge in [0.25, 0.3) is 11.8 Å². The molecule has 7 nitrogen and oxygen atoms in total. The maximum Gasteiger partial charge on any atom is 0.259 e. The van der Waals surface area contributed by atoms with Crippen LogP contribution in [0, 0.1) is 17.0 Å². The minimum absolute atomic E-state index is 0.00935. The van der Waals surface area contributed by atoms with Crippen LogP contribution in [0.5, 0.6) is 0 Å². The third-order valence-corrected chi connectivity index (χ3v) is 6.42. The lowest BCUT2D eigenvalue weighted by Gasteiger charge is -2.28. The van der Waals surface area contributed by atoms with Gasteiger partial charge in [0.15, 0.2) is 0 Å². The Morgan fingerprint density at radius 1 is 0.971 bits per heavy atom. The first-order valence-electron chi connectivity index (χ1n) is 10.6. The number of amides is 2. The Morgan fingerprint density at radius 2 is 1.71 bits per heavy atom. The van der Waals surface area contributed by atoms with Crippen molar-refractivity contribution in [3.63, 3.8) is 0 Å². The smallest absolute Gasteiger partial charge is 0.259 e. The minimum atomic E-state index is -0.819. The Morgan fingerprint density at radius 3 is 2.40 bits per heavy atom. The van der Waals surface area contributed by atoms with Crippen LogP contribution in [0.1, 0.15) is 26.3 Å². The van der Waals surface area contributed by atoms with Gasteiger partial charge in [0.05, 0.1) is 21.8 Å². The third kappa shape index (κ3) is 5.95. The first kappa shape index (κ1) is 24.6. The molecule has 0 saturated carbocycles. The molecule has 180 valence electrons. The van der Waals surface area contributed by atoms with Crippen molar-refractivity contribution in [1.82, 2.24) is 9.88 Å². The van der Waals surface area contributed by atoms with Gasteiger partial charge < -0.3 is 15.5 Å². The largest absolute Gasteiger partial charge is 0.355 e. The number of benzene rings is 2. The maximum absolute atomic E-state index is 14.8. The first-order valence-corrected chi connectivity index (χ1v) is 12.1. The second-order valence-corrected chi connectivity index (χ2v) is 9.26. The van der Waals surface area contributed by atoms with E-state index in [-0.39, 0.29) is 28.5 Å². The number of carbonyl (C=O) groups excluding carboxylic acids is 2. The Labute approximate surface area is 209 Å². The standard InChI is InChI=1S/C24H20ClF2N5O2S/c25-15-2-6-21(29-13-15)31-24(34)18-12-16(26)3-5-20(18)30-23(33)17-4-1-14(11-19(17)27)22(28)32-7-9-35-10-8-32/h1-6,11-13,28H,7-10H2,(H,30,33)(H,29,31,34). The van der Waals surface area contributed by atoms with Gasteiger partial charge in [-0.25, -0.2) is 13.8 Å². The summed E-state index contributed by atoms with van der Waals surface area (Å²) in [5, 5.41) is 13.7. The van der Waals surface area contributed by atoms with Gasteiger partial charge in [-0.15, -0.1) is 0 Å². The highest BCUT2D eigenvalue weighted by Gasteiger charge is 2.21. The predicted molar refractivity (Wildman–Crippen MR) is 134 cm³/mol. The highest BCUT2D eigenvalue weighted by molar-refractivity contribution is 7.99. The lowest BCUT2D eigenvalue weighted by molar-refractivity contribution is 0.102. The fourth-order valence-corrected chi connectivity index (χ4v) is 4.47. The van der Waals surface area contributed by atoms with Crippen molar-refractivity contribution in [2.24, 2.45) is 0 Å². The van der Waals surface area contributed by atoms with Crippen molar-refractivity contribution in [1.29, 1.82) is 5.41 Å². The van der Waals surface area contributed by atoms with Crippen molar-refractivity contribution < 1.29 is 18.4 Å².